The van der Waals surface area contributed by atoms with Gasteiger partial charge < -0.3 is 19.4 Å². The molecule has 0 saturated heterocycles. The van der Waals surface area contributed by atoms with Gasteiger partial charge in [-0.1, -0.05) is 0 Å². The van der Waals surface area contributed by atoms with Crippen molar-refractivity contribution in [3.8, 4) is 5.75 Å². The van der Waals surface area contributed by atoms with E-state index in [9.17, 15) is 9.59 Å². The van der Waals surface area contributed by atoms with E-state index in [1.165, 1.54) is 7.11 Å². The van der Waals surface area contributed by atoms with E-state index in [0.29, 0.717) is 24.2 Å². The maximum Gasteiger partial charge on any atom is 0.339 e. The van der Waals surface area contributed by atoms with Crippen molar-refractivity contribution in [1.82, 2.24) is 4.57 Å². The number of nitrogens with one attached hydrogen (secondary N) is 1. The van der Waals surface area contributed by atoms with E-state index >= 15 is 0 Å². The standard InChI is InChI=1S/C17H18N2O4/c1-22-12-7-5-11(6-8-12)18-14-10-13(17(21)23-2)15-4-3-9-19(15)16(14)20/h5-8,10,18H,3-4,9H2,1-2H3. The highest BCUT2D eigenvalue weighted by Gasteiger charge is 2.23. The van der Waals surface area contributed by atoms with Gasteiger partial charge in [-0.05, 0) is 43.2 Å². The molecule has 0 saturated carbocycles. The molecule has 0 aliphatic carbocycles. The fraction of sp³-hybridized carbons (Fsp3) is 0.294. The highest BCUT2D eigenvalue weighted by molar-refractivity contribution is 5.92. The molecule has 0 amide bonds. The topological polar surface area (TPSA) is 69.6 Å². The molecule has 2 aromatic rings. The summed E-state index contributed by atoms with van der Waals surface area (Å²) in [7, 11) is 2.94. The average molecular weight is 314 g/mol. The molecule has 23 heavy (non-hydrogen) atoms. The quantitative estimate of drug-likeness (QED) is 0.877. The minimum atomic E-state index is -0.423. The van der Waals surface area contributed by atoms with Gasteiger partial charge in [0.2, 0.25) is 0 Å². The van der Waals surface area contributed by atoms with Crippen molar-refractivity contribution < 1.29 is 14.3 Å². The lowest BCUT2D eigenvalue weighted by atomic mass is 10.1. The molecular weight excluding hydrogens is 296 g/mol. The highest BCUT2D eigenvalue weighted by Crippen LogP contribution is 2.23. The molecule has 0 spiro atoms. The number of esters is 1. The summed E-state index contributed by atoms with van der Waals surface area (Å²) in [5, 5.41) is 3.08. The fourth-order valence-electron chi connectivity index (χ4n) is 2.82. The highest BCUT2D eigenvalue weighted by atomic mass is 16.5. The molecule has 6 nitrogen and oxygen atoms in total. The zero-order chi connectivity index (χ0) is 16.4. The lowest BCUT2D eigenvalue weighted by Crippen LogP contribution is -2.25. The Labute approximate surface area is 133 Å². The lowest BCUT2D eigenvalue weighted by Gasteiger charge is -2.13. The number of anilines is 2. The number of nitrogens with zero attached hydrogens (tertiary/aromatic N) is 1. The number of carbonyl (C=O) groups excluding carboxylic acids is 1. The number of aromatic nitrogens is 1. The van der Waals surface area contributed by atoms with Crippen LogP contribution in [0.3, 0.4) is 0 Å². The average Bonchev–Trinajstić information content (AvgIpc) is 3.07. The molecule has 120 valence electrons. The zero-order valence-corrected chi connectivity index (χ0v) is 13.1. The first kappa shape index (κ1) is 15.1. The number of hydrogen-bond donors (Lipinski definition) is 1. The van der Waals surface area contributed by atoms with Crippen LogP contribution >= 0.6 is 0 Å². The van der Waals surface area contributed by atoms with Crippen LogP contribution in [0.25, 0.3) is 0 Å². The Morgan fingerprint density at radius 3 is 2.61 bits per heavy atom. The van der Waals surface area contributed by atoms with Crippen molar-refractivity contribution >= 4 is 17.3 Å². The first-order valence-corrected chi connectivity index (χ1v) is 7.40. The first-order valence-electron chi connectivity index (χ1n) is 7.40. The summed E-state index contributed by atoms with van der Waals surface area (Å²) in [4.78, 5) is 24.6. The number of pyridine rings is 1. The molecule has 1 aliphatic rings. The Balaban J connectivity index is 2.01. The van der Waals surface area contributed by atoms with E-state index in [1.54, 1.807) is 29.9 Å². The number of fused-ring (bicyclic) bond motifs is 1. The number of rotatable bonds is 4. The SMILES string of the molecule is COC(=O)c1cc(Nc2ccc(OC)cc2)c(=O)n2c1CCC2. The Kier molecular flexibility index (Phi) is 4.06. The van der Waals surface area contributed by atoms with Crippen molar-refractivity contribution in [2.45, 2.75) is 19.4 Å². The number of methoxy groups -OCH3 is 2. The van der Waals surface area contributed by atoms with Crippen LogP contribution in [0.1, 0.15) is 22.5 Å². The van der Waals surface area contributed by atoms with Crippen molar-refractivity contribution in [3.05, 3.63) is 51.9 Å². The molecule has 6 heteroatoms. The van der Waals surface area contributed by atoms with Gasteiger partial charge in [0.1, 0.15) is 11.4 Å². The second kappa shape index (κ2) is 6.16. The number of carbonyl (C=O) groups is 1. The summed E-state index contributed by atoms with van der Waals surface area (Å²) in [6.07, 6.45) is 1.56. The number of benzene rings is 1. The summed E-state index contributed by atoms with van der Waals surface area (Å²) in [5.74, 6) is 0.310. The molecular formula is C17H18N2O4. The minimum Gasteiger partial charge on any atom is -0.497 e. The van der Waals surface area contributed by atoms with Gasteiger partial charge in [-0.15, -0.1) is 0 Å². The lowest BCUT2D eigenvalue weighted by molar-refractivity contribution is 0.0598. The predicted octanol–water partition coefficient (Wildman–Crippen LogP) is 2.33. The largest absolute Gasteiger partial charge is 0.497 e. The molecule has 1 aromatic heterocycles. The normalized spacial score (nSPS) is 12.6. The third kappa shape index (κ3) is 2.79. The summed E-state index contributed by atoms with van der Waals surface area (Å²) in [6, 6.07) is 8.81. The van der Waals surface area contributed by atoms with Crippen LogP contribution in [0, 0.1) is 0 Å². The zero-order valence-electron chi connectivity index (χ0n) is 13.1. The van der Waals surface area contributed by atoms with E-state index in [0.717, 1.165) is 23.6 Å². The van der Waals surface area contributed by atoms with Gasteiger partial charge in [-0.25, -0.2) is 4.79 Å². The Hall–Kier alpha value is -2.76. The number of hydrogen-bond acceptors (Lipinski definition) is 5. The summed E-state index contributed by atoms with van der Waals surface area (Å²) >= 11 is 0. The maximum atomic E-state index is 12.6. The monoisotopic (exact) mass is 314 g/mol. The van der Waals surface area contributed by atoms with Gasteiger partial charge in [0.05, 0.1) is 19.8 Å². The maximum absolute atomic E-state index is 12.6. The van der Waals surface area contributed by atoms with Crippen LogP contribution in [0.15, 0.2) is 35.1 Å². The Bertz CT molecular complexity index is 793. The molecule has 0 radical (unpaired) electrons. The second-order valence-corrected chi connectivity index (χ2v) is 5.32. The Morgan fingerprint density at radius 1 is 1.22 bits per heavy atom. The molecule has 0 unspecified atom stereocenters. The summed E-state index contributed by atoms with van der Waals surface area (Å²) in [6.45, 7) is 0.621. The van der Waals surface area contributed by atoms with Crippen molar-refractivity contribution in [1.29, 1.82) is 0 Å². The van der Waals surface area contributed by atoms with Crippen molar-refractivity contribution in [2.24, 2.45) is 0 Å². The third-order valence-electron chi connectivity index (χ3n) is 3.97. The number of ether oxygens (including phenoxy) is 2. The van der Waals surface area contributed by atoms with E-state index in [-0.39, 0.29) is 5.56 Å². The van der Waals surface area contributed by atoms with E-state index in [4.69, 9.17) is 9.47 Å². The summed E-state index contributed by atoms with van der Waals surface area (Å²) < 4.78 is 11.6. The molecule has 0 atom stereocenters. The van der Waals surface area contributed by atoms with Crippen LogP contribution < -0.4 is 15.6 Å². The van der Waals surface area contributed by atoms with Gasteiger partial charge in [0, 0.05) is 17.9 Å². The molecule has 1 aliphatic heterocycles. The van der Waals surface area contributed by atoms with Crippen molar-refractivity contribution in [3.63, 3.8) is 0 Å². The van der Waals surface area contributed by atoms with Crippen LogP contribution in [-0.2, 0) is 17.7 Å². The Morgan fingerprint density at radius 2 is 1.96 bits per heavy atom. The fourth-order valence-corrected chi connectivity index (χ4v) is 2.82. The predicted molar refractivity (Wildman–Crippen MR) is 86.6 cm³/mol. The van der Waals surface area contributed by atoms with Crippen LogP contribution in [-0.4, -0.2) is 24.8 Å². The first-order chi connectivity index (χ1) is 11.1. The van der Waals surface area contributed by atoms with Crippen molar-refractivity contribution in [2.75, 3.05) is 19.5 Å². The minimum absolute atomic E-state index is 0.124. The molecule has 2 heterocycles. The van der Waals surface area contributed by atoms with Gasteiger partial charge in [-0.2, -0.15) is 0 Å². The molecule has 0 fully saturated rings. The summed E-state index contributed by atoms with van der Waals surface area (Å²) in [5.41, 5.74) is 2.18. The van der Waals surface area contributed by atoms with Crippen LogP contribution in [0.4, 0.5) is 11.4 Å². The second-order valence-electron chi connectivity index (χ2n) is 5.32. The van der Waals surface area contributed by atoms with Crippen LogP contribution in [0.5, 0.6) is 5.75 Å². The molecule has 3 rings (SSSR count). The smallest absolute Gasteiger partial charge is 0.339 e. The van der Waals surface area contributed by atoms with Gasteiger partial charge in [0.15, 0.2) is 0 Å². The van der Waals surface area contributed by atoms with E-state index < -0.39 is 5.97 Å². The van der Waals surface area contributed by atoms with Gasteiger partial charge in [-0.3, -0.25) is 4.79 Å². The van der Waals surface area contributed by atoms with E-state index in [1.807, 2.05) is 12.1 Å². The molecule has 1 N–H and O–H groups in total. The van der Waals surface area contributed by atoms with Crippen LogP contribution in [0.2, 0.25) is 0 Å². The van der Waals surface area contributed by atoms with Gasteiger partial charge >= 0.3 is 5.97 Å². The molecule has 0 bridgehead atoms. The molecule has 1 aromatic carbocycles. The van der Waals surface area contributed by atoms with Gasteiger partial charge in [0.25, 0.3) is 5.56 Å². The third-order valence-corrected chi connectivity index (χ3v) is 3.97. The van der Waals surface area contributed by atoms with E-state index in [2.05, 4.69) is 5.32 Å².